The van der Waals surface area contributed by atoms with Gasteiger partial charge in [-0.1, -0.05) is 13.3 Å². The molecule has 28 heavy (non-hydrogen) atoms. The van der Waals surface area contributed by atoms with Crippen molar-refractivity contribution in [1.29, 1.82) is 0 Å². The summed E-state index contributed by atoms with van der Waals surface area (Å²) < 4.78 is 32.2. The van der Waals surface area contributed by atoms with E-state index in [0.29, 0.717) is 30.9 Å². The number of rotatable bonds is 8. The molecule has 0 spiro atoms. The lowest BCUT2D eigenvalue weighted by Crippen LogP contribution is -2.27. The molecule has 0 unspecified atom stereocenters. The minimum Gasteiger partial charge on any atom is -0.494 e. The van der Waals surface area contributed by atoms with Crippen LogP contribution in [-0.2, 0) is 10.0 Å². The third kappa shape index (κ3) is 4.91. The molecule has 0 bridgehead atoms. The fraction of sp³-hybridized carbons (Fsp3) is 0.381. The predicted octanol–water partition coefficient (Wildman–Crippen LogP) is 3.90. The van der Waals surface area contributed by atoms with E-state index >= 15 is 0 Å². The highest BCUT2D eigenvalue weighted by molar-refractivity contribution is 7.89. The second kappa shape index (κ2) is 9.21. The Morgan fingerprint density at radius 3 is 2.29 bits per heavy atom. The summed E-state index contributed by atoms with van der Waals surface area (Å²) in [6.45, 7) is 3.90. The Bertz CT molecular complexity index is 887. The standard InChI is InChI=1S/C21H26N2O4S/c1-2-3-16-27-19-10-6-17(7-11-19)21(24)22-18-8-12-20(13-9-18)28(25,26)23-14-4-5-15-23/h6-13H,2-5,14-16H2,1H3,(H,22,24). The Balaban J connectivity index is 1.61. The number of benzene rings is 2. The van der Waals surface area contributed by atoms with E-state index in [1.165, 1.54) is 16.4 Å². The number of carbonyl (C=O) groups is 1. The molecule has 3 rings (SSSR count). The summed E-state index contributed by atoms with van der Waals surface area (Å²) in [5.41, 5.74) is 1.06. The van der Waals surface area contributed by atoms with Crippen molar-refractivity contribution >= 4 is 21.6 Å². The van der Waals surface area contributed by atoms with Gasteiger partial charge in [0, 0.05) is 24.3 Å². The van der Waals surface area contributed by atoms with Crippen LogP contribution >= 0.6 is 0 Å². The molecule has 1 saturated heterocycles. The maximum Gasteiger partial charge on any atom is 0.255 e. The van der Waals surface area contributed by atoms with Gasteiger partial charge in [0.2, 0.25) is 10.0 Å². The molecule has 0 saturated carbocycles. The van der Waals surface area contributed by atoms with Gasteiger partial charge in [-0.15, -0.1) is 0 Å². The number of hydrogen-bond acceptors (Lipinski definition) is 4. The average molecular weight is 403 g/mol. The van der Waals surface area contributed by atoms with Gasteiger partial charge >= 0.3 is 0 Å². The van der Waals surface area contributed by atoms with Crippen molar-refractivity contribution in [3.05, 3.63) is 54.1 Å². The number of amides is 1. The lowest BCUT2D eigenvalue weighted by atomic mass is 10.2. The number of anilines is 1. The Morgan fingerprint density at radius 2 is 1.68 bits per heavy atom. The van der Waals surface area contributed by atoms with Crippen molar-refractivity contribution in [1.82, 2.24) is 4.31 Å². The van der Waals surface area contributed by atoms with Gasteiger partial charge in [0.05, 0.1) is 11.5 Å². The van der Waals surface area contributed by atoms with E-state index in [2.05, 4.69) is 12.2 Å². The summed E-state index contributed by atoms with van der Waals surface area (Å²) in [6.07, 6.45) is 3.86. The summed E-state index contributed by atoms with van der Waals surface area (Å²) in [7, 11) is -3.44. The molecule has 2 aromatic carbocycles. The van der Waals surface area contributed by atoms with E-state index in [0.717, 1.165) is 31.4 Å². The van der Waals surface area contributed by atoms with Gasteiger partial charge in [0.1, 0.15) is 5.75 Å². The zero-order chi connectivity index (χ0) is 20.0. The highest BCUT2D eigenvalue weighted by atomic mass is 32.2. The van der Waals surface area contributed by atoms with Gasteiger partial charge in [-0.25, -0.2) is 8.42 Å². The van der Waals surface area contributed by atoms with Gasteiger partial charge in [-0.2, -0.15) is 4.31 Å². The van der Waals surface area contributed by atoms with Crippen LogP contribution in [0.5, 0.6) is 5.75 Å². The molecule has 0 aromatic heterocycles. The lowest BCUT2D eigenvalue weighted by Gasteiger charge is -2.15. The summed E-state index contributed by atoms with van der Waals surface area (Å²) >= 11 is 0. The van der Waals surface area contributed by atoms with E-state index < -0.39 is 10.0 Å². The van der Waals surface area contributed by atoms with Gasteiger partial charge in [0.15, 0.2) is 0 Å². The number of ether oxygens (including phenoxy) is 1. The minimum absolute atomic E-state index is 0.251. The highest BCUT2D eigenvalue weighted by Gasteiger charge is 2.26. The molecule has 6 nitrogen and oxygen atoms in total. The number of unbranched alkanes of at least 4 members (excludes halogenated alkanes) is 1. The summed E-state index contributed by atoms with van der Waals surface area (Å²) in [4.78, 5) is 12.6. The Kier molecular flexibility index (Phi) is 6.70. The number of carbonyl (C=O) groups excluding carboxylic acids is 1. The maximum absolute atomic E-state index is 12.5. The Hall–Kier alpha value is -2.38. The van der Waals surface area contributed by atoms with Crippen LogP contribution in [-0.4, -0.2) is 38.3 Å². The molecule has 150 valence electrons. The maximum atomic E-state index is 12.5. The van der Waals surface area contributed by atoms with E-state index in [-0.39, 0.29) is 10.8 Å². The molecule has 1 N–H and O–H groups in total. The summed E-state index contributed by atoms with van der Waals surface area (Å²) in [5.74, 6) is 0.483. The molecule has 1 heterocycles. The average Bonchev–Trinajstić information content (AvgIpc) is 3.25. The lowest BCUT2D eigenvalue weighted by molar-refractivity contribution is 0.102. The first-order valence-corrected chi connectivity index (χ1v) is 11.1. The second-order valence-electron chi connectivity index (χ2n) is 6.82. The highest BCUT2D eigenvalue weighted by Crippen LogP contribution is 2.22. The summed E-state index contributed by atoms with van der Waals surface area (Å²) in [6, 6.07) is 13.3. The number of sulfonamides is 1. The van der Waals surface area contributed by atoms with E-state index in [4.69, 9.17) is 4.74 Å². The van der Waals surface area contributed by atoms with Crippen LogP contribution in [0.4, 0.5) is 5.69 Å². The fourth-order valence-corrected chi connectivity index (χ4v) is 4.55. The zero-order valence-corrected chi connectivity index (χ0v) is 16.9. The van der Waals surface area contributed by atoms with Crippen LogP contribution in [0.25, 0.3) is 0 Å². The monoisotopic (exact) mass is 402 g/mol. The van der Waals surface area contributed by atoms with E-state index in [9.17, 15) is 13.2 Å². The smallest absolute Gasteiger partial charge is 0.255 e. The van der Waals surface area contributed by atoms with Crippen molar-refractivity contribution in [3.63, 3.8) is 0 Å². The predicted molar refractivity (Wildman–Crippen MR) is 109 cm³/mol. The van der Waals surface area contributed by atoms with E-state index in [1.807, 2.05) is 0 Å². The van der Waals surface area contributed by atoms with E-state index in [1.54, 1.807) is 36.4 Å². The molecular weight excluding hydrogens is 376 g/mol. The van der Waals surface area contributed by atoms with Crippen LogP contribution in [0.3, 0.4) is 0 Å². The van der Waals surface area contributed by atoms with Crippen molar-refractivity contribution in [2.75, 3.05) is 25.0 Å². The Morgan fingerprint density at radius 1 is 1.04 bits per heavy atom. The number of nitrogens with one attached hydrogen (secondary N) is 1. The first kappa shape index (κ1) is 20.4. The van der Waals surface area contributed by atoms with Gasteiger partial charge in [-0.3, -0.25) is 4.79 Å². The molecule has 1 fully saturated rings. The molecule has 1 amide bonds. The second-order valence-corrected chi connectivity index (χ2v) is 8.75. The molecule has 1 aliphatic heterocycles. The molecule has 0 aliphatic carbocycles. The van der Waals surface area contributed by atoms with Gasteiger partial charge < -0.3 is 10.1 Å². The first-order chi connectivity index (χ1) is 13.5. The molecule has 1 aliphatic rings. The van der Waals surface area contributed by atoms with Gasteiger partial charge in [-0.05, 0) is 67.8 Å². The van der Waals surface area contributed by atoms with Crippen molar-refractivity contribution < 1.29 is 17.9 Å². The zero-order valence-electron chi connectivity index (χ0n) is 16.1. The number of nitrogens with zero attached hydrogens (tertiary/aromatic N) is 1. The Labute approximate surface area is 166 Å². The van der Waals surface area contributed by atoms with Crippen molar-refractivity contribution in [2.45, 2.75) is 37.5 Å². The van der Waals surface area contributed by atoms with Crippen LogP contribution in [0.15, 0.2) is 53.4 Å². The topological polar surface area (TPSA) is 75.7 Å². The molecule has 7 heteroatoms. The normalized spacial score (nSPS) is 14.8. The minimum atomic E-state index is -3.44. The molecule has 0 radical (unpaired) electrons. The van der Waals surface area contributed by atoms with Crippen molar-refractivity contribution in [3.8, 4) is 5.75 Å². The summed E-state index contributed by atoms with van der Waals surface area (Å²) in [5, 5.41) is 2.79. The molecule has 2 aromatic rings. The first-order valence-electron chi connectivity index (χ1n) is 9.65. The quantitative estimate of drug-likeness (QED) is 0.680. The third-order valence-electron chi connectivity index (χ3n) is 4.70. The molecule has 0 atom stereocenters. The van der Waals surface area contributed by atoms with Crippen LogP contribution < -0.4 is 10.1 Å². The largest absolute Gasteiger partial charge is 0.494 e. The van der Waals surface area contributed by atoms with Crippen molar-refractivity contribution in [2.24, 2.45) is 0 Å². The third-order valence-corrected chi connectivity index (χ3v) is 6.61. The fourth-order valence-electron chi connectivity index (χ4n) is 3.03. The van der Waals surface area contributed by atoms with Crippen LogP contribution in [0.2, 0.25) is 0 Å². The van der Waals surface area contributed by atoms with Gasteiger partial charge in [0.25, 0.3) is 5.91 Å². The van der Waals surface area contributed by atoms with Crippen LogP contribution in [0, 0.1) is 0 Å². The molecular formula is C21H26N2O4S. The number of hydrogen-bond donors (Lipinski definition) is 1. The SMILES string of the molecule is CCCCOc1ccc(C(=O)Nc2ccc(S(=O)(=O)N3CCCC3)cc2)cc1. The van der Waals surface area contributed by atoms with Crippen LogP contribution in [0.1, 0.15) is 43.0 Å².